The molecular formula is C20H20N4O3S2. The molecule has 7 nitrogen and oxygen atoms in total. The third-order valence-electron chi connectivity index (χ3n) is 3.69. The van der Waals surface area contributed by atoms with Crippen LogP contribution in [0.4, 0.5) is 5.13 Å². The van der Waals surface area contributed by atoms with Crippen LogP contribution >= 0.6 is 23.1 Å². The van der Waals surface area contributed by atoms with Crippen molar-refractivity contribution in [2.45, 2.75) is 17.0 Å². The lowest BCUT2D eigenvalue weighted by Crippen LogP contribution is -2.32. The second-order valence-electron chi connectivity index (χ2n) is 5.84. The first-order chi connectivity index (χ1) is 14.1. The SMILES string of the molecule is CCOc1ccc(C(=O)NCC(=O)Nc2nnc(SCc3ccccc3)s2)cc1. The number of ether oxygens (including phenoxy) is 1. The largest absolute Gasteiger partial charge is 0.494 e. The summed E-state index contributed by atoms with van der Waals surface area (Å²) in [7, 11) is 0. The minimum absolute atomic E-state index is 0.155. The van der Waals surface area contributed by atoms with Gasteiger partial charge >= 0.3 is 0 Å². The number of benzene rings is 2. The highest BCUT2D eigenvalue weighted by atomic mass is 32.2. The molecule has 3 rings (SSSR count). The van der Waals surface area contributed by atoms with E-state index in [9.17, 15) is 9.59 Å². The van der Waals surface area contributed by atoms with Gasteiger partial charge in [0.2, 0.25) is 11.0 Å². The Labute approximate surface area is 176 Å². The molecule has 29 heavy (non-hydrogen) atoms. The van der Waals surface area contributed by atoms with Crippen LogP contribution in [0.5, 0.6) is 5.75 Å². The summed E-state index contributed by atoms with van der Waals surface area (Å²) < 4.78 is 6.11. The molecular weight excluding hydrogens is 408 g/mol. The number of nitrogens with zero attached hydrogens (tertiary/aromatic N) is 2. The lowest BCUT2D eigenvalue weighted by molar-refractivity contribution is -0.115. The van der Waals surface area contributed by atoms with Crippen molar-refractivity contribution < 1.29 is 14.3 Å². The normalized spacial score (nSPS) is 10.4. The summed E-state index contributed by atoms with van der Waals surface area (Å²) in [4.78, 5) is 24.2. The zero-order valence-electron chi connectivity index (χ0n) is 15.8. The van der Waals surface area contributed by atoms with Crippen molar-refractivity contribution in [1.82, 2.24) is 15.5 Å². The number of hydrogen-bond acceptors (Lipinski definition) is 7. The standard InChI is InChI=1S/C20H20N4O3S2/c1-2-27-16-10-8-15(9-11-16)18(26)21-12-17(25)22-19-23-24-20(29-19)28-13-14-6-4-3-5-7-14/h3-11H,2,12-13H2,1H3,(H,21,26)(H,22,23,25). The first-order valence-electron chi connectivity index (χ1n) is 8.95. The van der Waals surface area contributed by atoms with Crippen molar-refractivity contribution in [1.29, 1.82) is 0 Å². The molecule has 0 atom stereocenters. The Hall–Kier alpha value is -2.91. The summed E-state index contributed by atoms with van der Waals surface area (Å²) in [5, 5.41) is 13.7. The van der Waals surface area contributed by atoms with E-state index in [1.165, 1.54) is 16.9 Å². The van der Waals surface area contributed by atoms with Crippen LogP contribution in [-0.4, -0.2) is 35.2 Å². The summed E-state index contributed by atoms with van der Waals surface area (Å²) in [5.74, 6) is 0.778. The van der Waals surface area contributed by atoms with E-state index in [4.69, 9.17) is 4.74 Å². The molecule has 0 aliphatic heterocycles. The molecule has 3 aromatic rings. The zero-order valence-corrected chi connectivity index (χ0v) is 17.4. The highest BCUT2D eigenvalue weighted by Crippen LogP contribution is 2.28. The maximum Gasteiger partial charge on any atom is 0.251 e. The van der Waals surface area contributed by atoms with Gasteiger partial charge in [0, 0.05) is 11.3 Å². The lowest BCUT2D eigenvalue weighted by atomic mass is 10.2. The van der Waals surface area contributed by atoms with E-state index >= 15 is 0 Å². The number of carbonyl (C=O) groups is 2. The van der Waals surface area contributed by atoms with Crippen LogP contribution in [0, 0.1) is 0 Å². The van der Waals surface area contributed by atoms with Crippen molar-refractivity contribution in [3.63, 3.8) is 0 Å². The van der Waals surface area contributed by atoms with Gasteiger partial charge in [0.05, 0.1) is 13.2 Å². The summed E-state index contributed by atoms with van der Waals surface area (Å²) in [6.07, 6.45) is 0. The monoisotopic (exact) mass is 428 g/mol. The van der Waals surface area contributed by atoms with Crippen molar-refractivity contribution in [3.8, 4) is 5.75 Å². The predicted octanol–water partition coefficient (Wildman–Crippen LogP) is 3.60. The maximum absolute atomic E-state index is 12.1. The van der Waals surface area contributed by atoms with Crippen LogP contribution in [0.25, 0.3) is 0 Å². The van der Waals surface area contributed by atoms with Gasteiger partial charge in [0.1, 0.15) is 5.75 Å². The van der Waals surface area contributed by atoms with E-state index in [1.54, 1.807) is 36.0 Å². The summed E-state index contributed by atoms with van der Waals surface area (Å²) in [6, 6.07) is 16.8. The molecule has 9 heteroatoms. The molecule has 0 saturated heterocycles. The minimum atomic E-state index is -0.361. The molecule has 0 aliphatic carbocycles. The molecule has 150 valence electrons. The molecule has 1 heterocycles. The minimum Gasteiger partial charge on any atom is -0.494 e. The predicted molar refractivity (Wildman–Crippen MR) is 114 cm³/mol. The van der Waals surface area contributed by atoms with Crippen molar-refractivity contribution >= 4 is 40.0 Å². The molecule has 0 fully saturated rings. The van der Waals surface area contributed by atoms with E-state index in [1.807, 2.05) is 37.3 Å². The Balaban J connectivity index is 1.43. The van der Waals surface area contributed by atoms with Crippen molar-refractivity contribution in [3.05, 3.63) is 65.7 Å². The Morgan fingerprint density at radius 2 is 1.83 bits per heavy atom. The number of carbonyl (C=O) groups excluding carboxylic acids is 2. The van der Waals surface area contributed by atoms with Gasteiger partial charge in [-0.2, -0.15) is 0 Å². The molecule has 0 bridgehead atoms. The fourth-order valence-corrected chi connectivity index (χ4v) is 4.06. The topological polar surface area (TPSA) is 93.2 Å². The van der Waals surface area contributed by atoms with Gasteiger partial charge in [0.15, 0.2) is 4.34 Å². The van der Waals surface area contributed by atoms with E-state index in [2.05, 4.69) is 20.8 Å². The number of thioether (sulfide) groups is 1. The van der Waals surface area contributed by atoms with Crippen LogP contribution < -0.4 is 15.4 Å². The van der Waals surface area contributed by atoms with Crippen LogP contribution in [0.3, 0.4) is 0 Å². The molecule has 0 aliphatic rings. The van der Waals surface area contributed by atoms with E-state index < -0.39 is 0 Å². The second-order valence-corrected chi connectivity index (χ2v) is 8.04. The van der Waals surface area contributed by atoms with Crippen LogP contribution in [0.2, 0.25) is 0 Å². The summed E-state index contributed by atoms with van der Waals surface area (Å²) in [6.45, 7) is 2.30. The van der Waals surface area contributed by atoms with Gasteiger partial charge in [-0.1, -0.05) is 53.4 Å². The molecule has 0 saturated carbocycles. The highest BCUT2D eigenvalue weighted by Gasteiger charge is 2.11. The number of aromatic nitrogens is 2. The Morgan fingerprint density at radius 1 is 1.07 bits per heavy atom. The lowest BCUT2D eigenvalue weighted by Gasteiger charge is -2.06. The van der Waals surface area contributed by atoms with Crippen LogP contribution in [0.1, 0.15) is 22.8 Å². The number of anilines is 1. The third kappa shape index (κ3) is 6.58. The molecule has 2 aromatic carbocycles. The maximum atomic E-state index is 12.1. The first kappa shape index (κ1) is 20.8. The van der Waals surface area contributed by atoms with Crippen molar-refractivity contribution in [2.24, 2.45) is 0 Å². The quantitative estimate of drug-likeness (QED) is 0.400. The second kappa shape index (κ2) is 10.6. The Kier molecular flexibility index (Phi) is 7.60. The van der Waals surface area contributed by atoms with Gasteiger partial charge in [-0.05, 0) is 36.8 Å². The van der Waals surface area contributed by atoms with E-state index in [-0.39, 0.29) is 18.4 Å². The van der Waals surface area contributed by atoms with Gasteiger partial charge < -0.3 is 10.1 Å². The fourth-order valence-electron chi connectivity index (χ4n) is 2.33. The van der Waals surface area contributed by atoms with Crippen LogP contribution in [-0.2, 0) is 10.5 Å². The molecule has 2 amide bonds. The number of nitrogens with one attached hydrogen (secondary N) is 2. The summed E-state index contributed by atoms with van der Waals surface area (Å²) >= 11 is 2.85. The average molecular weight is 429 g/mol. The molecule has 1 aromatic heterocycles. The number of rotatable bonds is 9. The highest BCUT2D eigenvalue weighted by molar-refractivity contribution is 8.00. The molecule has 2 N–H and O–H groups in total. The summed E-state index contributed by atoms with van der Waals surface area (Å²) in [5.41, 5.74) is 1.65. The zero-order chi connectivity index (χ0) is 20.5. The smallest absolute Gasteiger partial charge is 0.251 e. The third-order valence-corrected chi connectivity index (χ3v) is 5.74. The molecule has 0 spiro atoms. The number of amides is 2. The Morgan fingerprint density at radius 3 is 2.55 bits per heavy atom. The average Bonchev–Trinajstić information content (AvgIpc) is 3.19. The van der Waals surface area contributed by atoms with E-state index in [0.29, 0.717) is 23.1 Å². The van der Waals surface area contributed by atoms with Crippen LogP contribution in [0.15, 0.2) is 58.9 Å². The molecule has 0 radical (unpaired) electrons. The number of hydrogen-bond donors (Lipinski definition) is 2. The van der Waals surface area contributed by atoms with Crippen molar-refractivity contribution in [2.75, 3.05) is 18.5 Å². The first-order valence-corrected chi connectivity index (χ1v) is 10.8. The fraction of sp³-hybridized carbons (Fsp3) is 0.200. The Bertz CT molecular complexity index is 946. The van der Waals surface area contributed by atoms with E-state index in [0.717, 1.165) is 10.1 Å². The van der Waals surface area contributed by atoms with Gasteiger partial charge in [-0.15, -0.1) is 10.2 Å². The van der Waals surface area contributed by atoms with Gasteiger partial charge in [-0.25, -0.2) is 0 Å². The van der Waals surface area contributed by atoms with Gasteiger partial charge in [-0.3, -0.25) is 14.9 Å². The van der Waals surface area contributed by atoms with Gasteiger partial charge in [0.25, 0.3) is 5.91 Å². The molecule has 0 unspecified atom stereocenters.